The number of nitrogens with two attached hydrogens (primary N) is 1. The maximum Gasteiger partial charge on any atom is 0.0503 e. The number of halogens is 2. The molecule has 2 N–H and O–H groups in total. The van der Waals surface area contributed by atoms with E-state index >= 15 is 0 Å². The molecule has 2 aromatic rings. The molecule has 0 saturated heterocycles. The van der Waals surface area contributed by atoms with E-state index in [1.807, 2.05) is 12.1 Å². The lowest BCUT2D eigenvalue weighted by molar-refractivity contribution is 1.62. The molecule has 0 radical (unpaired) electrons. The third-order valence-corrected chi connectivity index (χ3v) is 4.35. The van der Waals surface area contributed by atoms with E-state index in [-0.39, 0.29) is 0 Å². The van der Waals surface area contributed by atoms with Crippen LogP contribution in [0.2, 0.25) is 5.02 Å². The topological polar surface area (TPSA) is 26.0 Å². The Balaban J connectivity index is 2.62. The second kappa shape index (κ2) is 4.16. The average Bonchev–Trinajstić information content (AvgIpc) is 2.50. The average molecular weight is 303 g/mol. The van der Waals surface area contributed by atoms with Crippen molar-refractivity contribution >= 4 is 44.6 Å². The zero-order valence-corrected chi connectivity index (χ0v) is 11.2. The van der Waals surface area contributed by atoms with E-state index < -0.39 is 0 Å². The van der Waals surface area contributed by atoms with Crippen LogP contribution in [0, 0.1) is 6.92 Å². The van der Waals surface area contributed by atoms with Crippen LogP contribution in [-0.4, -0.2) is 0 Å². The van der Waals surface area contributed by atoms with Crippen LogP contribution in [0.4, 0.5) is 5.69 Å². The van der Waals surface area contributed by atoms with E-state index in [2.05, 4.69) is 28.9 Å². The summed E-state index contributed by atoms with van der Waals surface area (Å²) in [6.07, 6.45) is 0. The highest BCUT2D eigenvalue weighted by molar-refractivity contribution is 9.10. The highest BCUT2D eigenvalue weighted by atomic mass is 79.9. The molecule has 15 heavy (non-hydrogen) atoms. The molecule has 0 atom stereocenters. The molecule has 0 saturated carbocycles. The number of anilines is 1. The van der Waals surface area contributed by atoms with Gasteiger partial charge in [-0.1, -0.05) is 11.6 Å². The van der Waals surface area contributed by atoms with Gasteiger partial charge in [0.2, 0.25) is 0 Å². The lowest BCUT2D eigenvalue weighted by atomic mass is 10.1. The van der Waals surface area contributed by atoms with E-state index in [4.69, 9.17) is 17.3 Å². The SMILES string of the molecule is Cc1cc(Br)c(-c2cc(N)ccc2Cl)s1. The molecule has 0 amide bonds. The van der Waals surface area contributed by atoms with Gasteiger partial charge < -0.3 is 5.73 Å². The Labute approximate surface area is 106 Å². The fourth-order valence-electron chi connectivity index (χ4n) is 1.38. The minimum Gasteiger partial charge on any atom is -0.399 e. The normalized spacial score (nSPS) is 10.6. The van der Waals surface area contributed by atoms with E-state index in [9.17, 15) is 0 Å². The van der Waals surface area contributed by atoms with Crippen molar-refractivity contribution in [3.8, 4) is 10.4 Å². The molecule has 0 bridgehead atoms. The van der Waals surface area contributed by atoms with Gasteiger partial charge >= 0.3 is 0 Å². The third kappa shape index (κ3) is 2.19. The molecule has 0 aliphatic rings. The monoisotopic (exact) mass is 301 g/mol. The van der Waals surface area contributed by atoms with Crippen molar-refractivity contribution in [2.75, 3.05) is 5.73 Å². The number of nitrogen functional groups attached to an aromatic ring is 1. The molecule has 1 heterocycles. The van der Waals surface area contributed by atoms with Crippen LogP contribution in [-0.2, 0) is 0 Å². The molecular weight excluding hydrogens is 294 g/mol. The Bertz CT molecular complexity index is 507. The molecule has 0 spiro atoms. The number of thiophene rings is 1. The highest BCUT2D eigenvalue weighted by Gasteiger charge is 2.10. The summed E-state index contributed by atoms with van der Waals surface area (Å²) < 4.78 is 1.07. The summed E-state index contributed by atoms with van der Waals surface area (Å²) >= 11 is 11.4. The number of hydrogen-bond donors (Lipinski definition) is 1. The van der Waals surface area contributed by atoms with Gasteiger partial charge in [-0.05, 0) is 47.1 Å². The molecule has 1 aromatic heterocycles. The Hall–Kier alpha value is -0.510. The van der Waals surface area contributed by atoms with Crippen molar-refractivity contribution in [2.45, 2.75) is 6.92 Å². The van der Waals surface area contributed by atoms with Crippen LogP contribution in [0.3, 0.4) is 0 Å². The fourth-order valence-corrected chi connectivity index (χ4v) is 3.54. The first kappa shape index (κ1) is 11.0. The number of rotatable bonds is 1. The Morgan fingerprint density at radius 1 is 1.33 bits per heavy atom. The van der Waals surface area contributed by atoms with E-state index in [0.29, 0.717) is 0 Å². The van der Waals surface area contributed by atoms with Gasteiger partial charge in [0.15, 0.2) is 0 Å². The molecule has 0 unspecified atom stereocenters. The van der Waals surface area contributed by atoms with Crippen molar-refractivity contribution in [3.05, 3.63) is 38.6 Å². The highest BCUT2D eigenvalue weighted by Crippen LogP contribution is 2.40. The van der Waals surface area contributed by atoms with E-state index in [1.54, 1.807) is 17.4 Å². The summed E-state index contributed by atoms with van der Waals surface area (Å²) in [5, 5.41) is 0.728. The summed E-state index contributed by atoms with van der Waals surface area (Å²) in [6, 6.07) is 7.62. The Morgan fingerprint density at radius 2 is 2.07 bits per heavy atom. The minimum absolute atomic E-state index is 0.728. The van der Waals surface area contributed by atoms with Gasteiger partial charge in [-0.15, -0.1) is 11.3 Å². The predicted molar refractivity (Wildman–Crippen MR) is 71.6 cm³/mol. The molecule has 4 heteroatoms. The zero-order valence-electron chi connectivity index (χ0n) is 8.05. The third-order valence-electron chi connectivity index (χ3n) is 2.04. The van der Waals surface area contributed by atoms with Crippen LogP contribution in [0.1, 0.15) is 4.88 Å². The van der Waals surface area contributed by atoms with Gasteiger partial charge in [0.05, 0.1) is 4.88 Å². The molecule has 0 aliphatic carbocycles. The maximum atomic E-state index is 6.14. The molecule has 0 fully saturated rings. The van der Waals surface area contributed by atoms with E-state index in [1.165, 1.54) is 4.88 Å². The van der Waals surface area contributed by atoms with Crippen LogP contribution in [0.5, 0.6) is 0 Å². The summed E-state index contributed by atoms with van der Waals surface area (Å²) in [5.41, 5.74) is 7.47. The first-order valence-electron chi connectivity index (χ1n) is 4.39. The second-order valence-electron chi connectivity index (χ2n) is 3.27. The standard InChI is InChI=1S/C11H9BrClNS/c1-6-4-9(12)11(15-6)8-5-7(14)2-3-10(8)13/h2-5H,14H2,1H3. The molecule has 2 rings (SSSR count). The van der Waals surface area contributed by atoms with Gasteiger partial charge in [0.25, 0.3) is 0 Å². The van der Waals surface area contributed by atoms with Crippen molar-refractivity contribution in [1.82, 2.24) is 0 Å². The molecule has 1 nitrogen and oxygen atoms in total. The van der Waals surface area contributed by atoms with Gasteiger partial charge in [0, 0.05) is 25.6 Å². The minimum atomic E-state index is 0.728. The van der Waals surface area contributed by atoms with Gasteiger partial charge in [-0.3, -0.25) is 0 Å². The van der Waals surface area contributed by atoms with Crippen LogP contribution >= 0.6 is 38.9 Å². The predicted octanol–water partition coefficient (Wildman–Crippen LogP) is 4.72. The summed E-state index contributed by atoms with van der Waals surface area (Å²) in [7, 11) is 0. The molecular formula is C11H9BrClNS. The van der Waals surface area contributed by atoms with Crippen molar-refractivity contribution in [3.63, 3.8) is 0 Å². The van der Waals surface area contributed by atoms with Gasteiger partial charge in [-0.2, -0.15) is 0 Å². The summed E-state index contributed by atoms with van der Waals surface area (Å²) in [4.78, 5) is 2.38. The fraction of sp³-hybridized carbons (Fsp3) is 0.0909. The Kier molecular flexibility index (Phi) is 3.05. The largest absolute Gasteiger partial charge is 0.399 e. The van der Waals surface area contributed by atoms with E-state index in [0.717, 1.165) is 25.6 Å². The van der Waals surface area contributed by atoms with Crippen molar-refractivity contribution in [2.24, 2.45) is 0 Å². The zero-order chi connectivity index (χ0) is 11.0. The van der Waals surface area contributed by atoms with Gasteiger partial charge in [-0.25, -0.2) is 0 Å². The van der Waals surface area contributed by atoms with Crippen LogP contribution < -0.4 is 5.73 Å². The van der Waals surface area contributed by atoms with Gasteiger partial charge in [0.1, 0.15) is 0 Å². The molecule has 1 aromatic carbocycles. The lowest BCUT2D eigenvalue weighted by Crippen LogP contribution is -1.85. The van der Waals surface area contributed by atoms with Crippen molar-refractivity contribution in [1.29, 1.82) is 0 Å². The maximum absolute atomic E-state index is 6.14. The first-order valence-corrected chi connectivity index (χ1v) is 6.38. The lowest BCUT2D eigenvalue weighted by Gasteiger charge is -2.03. The Morgan fingerprint density at radius 3 is 2.67 bits per heavy atom. The molecule has 78 valence electrons. The number of benzene rings is 1. The van der Waals surface area contributed by atoms with Crippen LogP contribution in [0.15, 0.2) is 28.7 Å². The van der Waals surface area contributed by atoms with Crippen molar-refractivity contribution < 1.29 is 0 Å². The van der Waals surface area contributed by atoms with Crippen LogP contribution in [0.25, 0.3) is 10.4 Å². The second-order valence-corrected chi connectivity index (χ2v) is 5.79. The summed E-state index contributed by atoms with van der Waals surface area (Å²) in [6.45, 7) is 2.07. The summed E-state index contributed by atoms with van der Waals surface area (Å²) in [5.74, 6) is 0. The smallest absolute Gasteiger partial charge is 0.0503 e. The number of aryl methyl sites for hydroxylation is 1. The quantitative estimate of drug-likeness (QED) is 0.758. The molecule has 0 aliphatic heterocycles. The first-order chi connectivity index (χ1) is 7.08. The number of hydrogen-bond acceptors (Lipinski definition) is 2.